The first-order valence-corrected chi connectivity index (χ1v) is 8.31. The summed E-state index contributed by atoms with van der Waals surface area (Å²) in [6.45, 7) is 0. The molecular weight excluding hydrogens is 359 g/mol. The second-order valence-electron chi connectivity index (χ2n) is 4.87. The number of benzene rings is 1. The summed E-state index contributed by atoms with van der Waals surface area (Å²) < 4.78 is 68.3. The molecule has 1 aromatic carbocycles. The minimum Gasteiger partial charge on any atom is -0.406 e. The van der Waals surface area contributed by atoms with Crippen LogP contribution in [0, 0.1) is 0 Å². The number of ether oxygens (including phenoxy) is 1. The van der Waals surface area contributed by atoms with Crippen molar-refractivity contribution < 1.29 is 26.3 Å². The minimum absolute atomic E-state index is 0.150. The van der Waals surface area contributed by atoms with Gasteiger partial charge in [-0.25, -0.2) is 4.98 Å². The molecule has 0 bridgehead atoms. The molecule has 3 rings (SSSR count). The zero-order valence-corrected chi connectivity index (χ0v) is 13.2. The van der Waals surface area contributed by atoms with Gasteiger partial charge in [-0.2, -0.15) is 8.42 Å². The van der Waals surface area contributed by atoms with Gasteiger partial charge >= 0.3 is 6.36 Å². The van der Waals surface area contributed by atoms with Crippen LogP contribution >= 0.6 is 0 Å². The first-order valence-electron chi connectivity index (χ1n) is 6.83. The molecule has 0 atom stereocenters. The maximum absolute atomic E-state index is 12.5. The highest BCUT2D eigenvalue weighted by Crippen LogP contribution is 2.32. The molecule has 130 valence electrons. The third-order valence-electron chi connectivity index (χ3n) is 3.07. The number of pyridine rings is 2. The van der Waals surface area contributed by atoms with Gasteiger partial charge in [-0.1, -0.05) is 12.1 Å². The van der Waals surface area contributed by atoms with Gasteiger partial charge in [-0.15, -0.1) is 13.2 Å². The number of halogens is 3. The average Bonchev–Trinajstić information content (AvgIpc) is 2.54. The van der Waals surface area contributed by atoms with E-state index in [0.717, 1.165) is 12.1 Å². The summed E-state index contributed by atoms with van der Waals surface area (Å²) in [5.41, 5.74) is 0.0273. The predicted octanol–water partition coefficient (Wildman–Crippen LogP) is 3.33. The summed E-state index contributed by atoms with van der Waals surface area (Å²) in [5.74, 6) is -0.563. The SMILES string of the molecule is O=S(=O)(Nc1cc(OC(F)(F)F)cc2cccnc12)c1ccccn1. The summed E-state index contributed by atoms with van der Waals surface area (Å²) in [6.07, 6.45) is -2.23. The third-order valence-corrected chi connectivity index (χ3v) is 4.35. The van der Waals surface area contributed by atoms with E-state index in [1.165, 1.54) is 42.7 Å². The maximum atomic E-state index is 12.5. The maximum Gasteiger partial charge on any atom is 0.573 e. The Balaban J connectivity index is 2.08. The molecule has 1 N–H and O–H groups in total. The van der Waals surface area contributed by atoms with E-state index in [9.17, 15) is 21.6 Å². The number of rotatable bonds is 4. The van der Waals surface area contributed by atoms with Crippen molar-refractivity contribution in [1.29, 1.82) is 0 Å². The molecule has 0 unspecified atom stereocenters. The van der Waals surface area contributed by atoms with E-state index >= 15 is 0 Å². The van der Waals surface area contributed by atoms with Crippen LogP contribution in [0.3, 0.4) is 0 Å². The highest BCUT2D eigenvalue weighted by atomic mass is 32.2. The van der Waals surface area contributed by atoms with Gasteiger partial charge in [-0.3, -0.25) is 9.71 Å². The van der Waals surface area contributed by atoms with Crippen molar-refractivity contribution >= 4 is 26.6 Å². The van der Waals surface area contributed by atoms with Crippen LogP contribution in [0.4, 0.5) is 18.9 Å². The first-order chi connectivity index (χ1) is 11.7. The van der Waals surface area contributed by atoms with Crippen molar-refractivity contribution in [2.75, 3.05) is 4.72 Å². The molecule has 0 amide bonds. The quantitative estimate of drug-likeness (QED) is 0.763. The first kappa shape index (κ1) is 17.0. The fraction of sp³-hybridized carbons (Fsp3) is 0.0667. The summed E-state index contributed by atoms with van der Waals surface area (Å²) in [7, 11) is -4.10. The monoisotopic (exact) mass is 369 g/mol. The van der Waals surface area contributed by atoms with Crippen molar-refractivity contribution in [2.24, 2.45) is 0 Å². The predicted molar refractivity (Wildman–Crippen MR) is 83.5 cm³/mol. The van der Waals surface area contributed by atoms with Crippen LogP contribution < -0.4 is 9.46 Å². The Labute approximate surface area is 140 Å². The van der Waals surface area contributed by atoms with Gasteiger partial charge in [-0.05, 0) is 24.3 Å². The third kappa shape index (κ3) is 3.97. The van der Waals surface area contributed by atoms with Crippen molar-refractivity contribution in [2.45, 2.75) is 11.4 Å². The van der Waals surface area contributed by atoms with Gasteiger partial charge in [0, 0.05) is 23.8 Å². The summed E-state index contributed by atoms with van der Waals surface area (Å²) in [4.78, 5) is 7.74. The number of hydrogen-bond donors (Lipinski definition) is 1. The molecular formula is C15H10F3N3O3S. The Morgan fingerprint density at radius 3 is 2.44 bits per heavy atom. The fourth-order valence-electron chi connectivity index (χ4n) is 2.14. The lowest BCUT2D eigenvalue weighted by atomic mass is 10.2. The van der Waals surface area contributed by atoms with E-state index in [-0.39, 0.29) is 21.6 Å². The highest BCUT2D eigenvalue weighted by molar-refractivity contribution is 7.92. The molecule has 0 aliphatic heterocycles. The molecule has 6 nitrogen and oxygen atoms in total. The van der Waals surface area contributed by atoms with Gasteiger partial charge < -0.3 is 4.74 Å². The molecule has 2 heterocycles. The molecule has 0 saturated heterocycles. The number of nitrogens with zero attached hydrogens (tertiary/aromatic N) is 2. The van der Waals surface area contributed by atoms with Gasteiger partial charge in [0.1, 0.15) is 5.75 Å². The molecule has 2 aromatic heterocycles. The van der Waals surface area contributed by atoms with Crippen LogP contribution in [0.15, 0.2) is 59.9 Å². The summed E-state index contributed by atoms with van der Waals surface area (Å²) in [6, 6.07) is 9.31. The fourth-order valence-corrected chi connectivity index (χ4v) is 3.15. The van der Waals surface area contributed by atoms with Crippen LogP contribution in [0.5, 0.6) is 5.75 Å². The average molecular weight is 369 g/mol. The molecule has 0 saturated carbocycles. The number of sulfonamides is 1. The molecule has 0 aliphatic carbocycles. The molecule has 25 heavy (non-hydrogen) atoms. The second kappa shape index (κ2) is 6.20. The molecule has 3 aromatic rings. The van der Waals surface area contributed by atoms with Crippen LogP contribution in [0.2, 0.25) is 0 Å². The molecule has 0 fully saturated rings. The topological polar surface area (TPSA) is 81.2 Å². The number of hydrogen-bond acceptors (Lipinski definition) is 5. The number of nitrogens with one attached hydrogen (secondary N) is 1. The Kier molecular flexibility index (Phi) is 4.21. The van der Waals surface area contributed by atoms with E-state index in [1.54, 1.807) is 0 Å². The second-order valence-corrected chi connectivity index (χ2v) is 6.50. The van der Waals surface area contributed by atoms with Crippen LogP contribution in [0.25, 0.3) is 10.9 Å². The standard InChI is InChI=1S/C15H10F3N3O3S/c16-15(17,18)24-11-8-10-4-3-7-20-14(10)12(9-11)21-25(22,23)13-5-1-2-6-19-13/h1-9,21H. The van der Waals surface area contributed by atoms with E-state index in [1.807, 2.05) is 0 Å². The number of anilines is 1. The van der Waals surface area contributed by atoms with Crippen molar-refractivity contribution in [3.05, 3.63) is 54.9 Å². The van der Waals surface area contributed by atoms with Gasteiger partial charge in [0.25, 0.3) is 10.0 Å². The van der Waals surface area contributed by atoms with E-state index in [2.05, 4.69) is 19.4 Å². The lowest BCUT2D eigenvalue weighted by Crippen LogP contribution is -2.18. The van der Waals surface area contributed by atoms with Crippen molar-refractivity contribution in [1.82, 2.24) is 9.97 Å². The molecule has 0 spiro atoms. The van der Waals surface area contributed by atoms with E-state index in [0.29, 0.717) is 0 Å². The Hall–Kier alpha value is -2.88. The summed E-state index contributed by atoms with van der Waals surface area (Å²) >= 11 is 0. The largest absolute Gasteiger partial charge is 0.573 e. The molecule has 10 heteroatoms. The molecule has 0 radical (unpaired) electrons. The highest BCUT2D eigenvalue weighted by Gasteiger charge is 2.31. The van der Waals surface area contributed by atoms with Gasteiger partial charge in [0.2, 0.25) is 0 Å². The zero-order valence-electron chi connectivity index (χ0n) is 12.4. The molecule has 0 aliphatic rings. The van der Waals surface area contributed by atoms with Crippen molar-refractivity contribution in [3.63, 3.8) is 0 Å². The Morgan fingerprint density at radius 2 is 1.76 bits per heavy atom. The van der Waals surface area contributed by atoms with Crippen LogP contribution in [-0.2, 0) is 10.0 Å². The van der Waals surface area contributed by atoms with E-state index in [4.69, 9.17) is 0 Å². The van der Waals surface area contributed by atoms with Crippen LogP contribution in [-0.4, -0.2) is 24.7 Å². The normalized spacial score (nSPS) is 12.1. The number of aromatic nitrogens is 2. The number of fused-ring (bicyclic) bond motifs is 1. The van der Waals surface area contributed by atoms with Crippen LogP contribution in [0.1, 0.15) is 0 Å². The zero-order chi connectivity index (χ0) is 18.1. The lowest BCUT2D eigenvalue weighted by Gasteiger charge is -2.13. The Morgan fingerprint density at radius 1 is 1.00 bits per heavy atom. The lowest BCUT2D eigenvalue weighted by molar-refractivity contribution is -0.274. The van der Waals surface area contributed by atoms with E-state index < -0.39 is 22.1 Å². The summed E-state index contributed by atoms with van der Waals surface area (Å²) in [5, 5.41) is 0.00388. The van der Waals surface area contributed by atoms with Gasteiger partial charge in [0.05, 0.1) is 11.2 Å². The smallest absolute Gasteiger partial charge is 0.406 e. The number of alkyl halides is 3. The van der Waals surface area contributed by atoms with Gasteiger partial charge in [0.15, 0.2) is 5.03 Å². The minimum atomic E-state index is -4.91. The Bertz CT molecular complexity index is 1010. The van der Waals surface area contributed by atoms with Crippen molar-refractivity contribution in [3.8, 4) is 5.75 Å².